The van der Waals surface area contributed by atoms with E-state index >= 15 is 0 Å². The van der Waals surface area contributed by atoms with Gasteiger partial charge in [0.05, 0.1) is 0 Å². The third kappa shape index (κ3) is 2.18. The smallest absolute Gasteiger partial charge is 0.0468 e. The Morgan fingerprint density at radius 3 is 2.67 bits per heavy atom. The highest BCUT2D eigenvalue weighted by Crippen LogP contribution is 2.52. The summed E-state index contributed by atoms with van der Waals surface area (Å²) < 4.78 is 0. The number of hydrogen-bond donors (Lipinski definition) is 0. The summed E-state index contributed by atoms with van der Waals surface area (Å²) in [6.07, 6.45) is 12.2. The van der Waals surface area contributed by atoms with Crippen LogP contribution in [0, 0.1) is 17.8 Å². The Kier molecular flexibility index (Phi) is 3.14. The maximum atomic E-state index is 5.78. The van der Waals surface area contributed by atoms with E-state index in [1.165, 1.54) is 44.2 Å². The number of likely N-dealkylation sites (tertiary alicyclic amines) is 1. The van der Waals surface area contributed by atoms with Gasteiger partial charge in [0.2, 0.25) is 0 Å². The van der Waals surface area contributed by atoms with Crippen LogP contribution in [-0.2, 0) is 6.54 Å². The van der Waals surface area contributed by atoms with Gasteiger partial charge in [0.15, 0.2) is 0 Å². The third-order valence-electron chi connectivity index (χ3n) is 4.56. The molecule has 3 rings (SSSR count). The average Bonchev–Trinajstić information content (AvgIpc) is 3.22. The fourth-order valence-electron chi connectivity index (χ4n) is 3.33. The molecule has 94 valence electrons. The molecular formula is C17H21N. The molecule has 0 spiro atoms. The summed E-state index contributed by atoms with van der Waals surface area (Å²) in [4.78, 5) is 2.63. The van der Waals surface area contributed by atoms with E-state index < -0.39 is 0 Å². The predicted octanol–water partition coefficient (Wildman–Crippen LogP) is 3.45. The number of nitrogens with zero attached hydrogens (tertiary/aromatic N) is 1. The maximum absolute atomic E-state index is 5.78. The van der Waals surface area contributed by atoms with Crippen molar-refractivity contribution < 1.29 is 0 Å². The molecule has 0 radical (unpaired) electrons. The molecule has 1 atom stereocenters. The van der Waals surface area contributed by atoms with E-state index in [-0.39, 0.29) is 5.41 Å². The van der Waals surface area contributed by atoms with E-state index in [0.29, 0.717) is 6.04 Å². The number of rotatable bonds is 3. The second-order valence-corrected chi connectivity index (χ2v) is 5.77. The van der Waals surface area contributed by atoms with E-state index in [1.54, 1.807) is 0 Å². The molecular weight excluding hydrogens is 218 g/mol. The fourth-order valence-corrected chi connectivity index (χ4v) is 3.33. The van der Waals surface area contributed by atoms with Crippen molar-refractivity contribution in [2.45, 2.75) is 44.7 Å². The van der Waals surface area contributed by atoms with Gasteiger partial charge in [-0.2, -0.15) is 0 Å². The standard InChI is InChI=1S/C17H21N/c1-2-17(11-12-17)16-10-6-7-13-18(16)14-15-8-4-3-5-9-15/h1,3-5,8-9,16H,6-7,10-14H2. The summed E-state index contributed by atoms with van der Waals surface area (Å²) in [5, 5.41) is 0. The molecule has 0 amide bonds. The van der Waals surface area contributed by atoms with Gasteiger partial charge in [0, 0.05) is 18.0 Å². The van der Waals surface area contributed by atoms with Gasteiger partial charge in [-0.1, -0.05) is 42.7 Å². The highest BCUT2D eigenvalue weighted by molar-refractivity contribution is 5.22. The molecule has 2 aliphatic rings. The first-order valence-electron chi connectivity index (χ1n) is 7.10. The second kappa shape index (κ2) is 4.78. The molecule has 1 saturated carbocycles. The van der Waals surface area contributed by atoms with Gasteiger partial charge in [-0.3, -0.25) is 4.90 Å². The zero-order chi connectivity index (χ0) is 12.4. The summed E-state index contributed by atoms with van der Waals surface area (Å²) in [7, 11) is 0. The van der Waals surface area contributed by atoms with Crippen molar-refractivity contribution in [2.24, 2.45) is 5.41 Å². The van der Waals surface area contributed by atoms with Gasteiger partial charge in [-0.15, -0.1) is 6.42 Å². The molecule has 1 aromatic carbocycles. The largest absolute Gasteiger partial charge is 0.295 e. The monoisotopic (exact) mass is 239 g/mol. The van der Waals surface area contributed by atoms with Crippen LogP contribution in [0.15, 0.2) is 30.3 Å². The lowest BCUT2D eigenvalue weighted by molar-refractivity contribution is 0.102. The topological polar surface area (TPSA) is 3.24 Å². The molecule has 2 fully saturated rings. The molecule has 1 nitrogen and oxygen atoms in total. The number of benzene rings is 1. The molecule has 1 unspecified atom stereocenters. The lowest BCUT2D eigenvalue weighted by Gasteiger charge is -2.39. The Morgan fingerprint density at radius 1 is 1.22 bits per heavy atom. The number of terminal acetylenes is 1. The van der Waals surface area contributed by atoms with Crippen LogP contribution in [0.5, 0.6) is 0 Å². The van der Waals surface area contributed by atoms with Gasteiger partial charge < -0.3 is 0 Å². The second-order valence-electron chi connectivity index (χ2n) is 5.77. The number of piperidine rings is 1. The Bertz CT molecular complexity index is 438. The van der Waals surface area contributed by atoms with Crippen LogP contribution in [-0.4, -0.2) is 17.5 Å². The quantitative estimate of drug-likeness (QED) is 0.730. The maximum Gasteiger partial charge on any atom is 0.0468 e. The van der Waals surface area contributed by atoms with Crippen molar-refractivity contribution in [3.63, 3.8) is 0 Å². The van der Waals surface area contributed by atoms with Crippen LogP contribution in [0.1, 0.15) is 37.7 Å². The number of hydrogen-bond acceptors (Lipinski definition) is 1. The minimum atomic E-state index is 0.217. The van der Waals surface area contributed by atoms with Gasteiger partial charge >= 0.3 is 0 Å². The summed E-state index contributed by atoms with van der Waals surface area (Å²) >= 11 is 0. The van der Waals surface area contributed by atoms with Crippen molar-refractivity contribution in [3.8, 4) is 12.3 Å². The van der Waals surface area contributed by atoms with Crippen LogP contribution in [0.4, 0.5) is 0 Å². The van der Waals surface area contributed by atoms with E-state index in [9.17, 15) is 0 Å². The molecule has 1 aromatic rings. The van der Waals surface area contributed by atoms with Crippen LogP contribution >= 0.6 is 0 Å². The summed E-state index contributed by atoms with van der Waals surface area (Å²) in [5.41, 5.74) is 1.63. The summed E-state index contributed by atoms with van der Waals surface area (Å²) in [5.74, 6) is 3.10. The van der Waals surface area contributed by atoms with Crippen LogP contribution in [0.3, 0.4) is 0 Å². The molecule has 18 heavy (non-hydrogen) atoms. The molecule has 0 aromatic heterocycles. The van der Waals surface area contributed by atoms with Gasteiger partial charge in [-0.25, -0.2) is 0 Å². The third-order valence-corrected chi connectivity index (χ3v) is 4.56. The van der Waals surface area contributed by atoms with Crippen molar-refractivity contribution in [1.29, 1.82) is 0 Å². The molecule has 1 heteroatoms. The molecule has 1 aliphatic heterocycles. The first kappa shape index (κ1) is 11.8. The Balaban J connectivity index is 1.75. The summed E-state index contributed by atoms with van der Waals surface area (Å²) in [6.45, 7) is 2.28. The van der Waals surface area contributed by atoms with Crippen molar-refractivity contribution in [2.75, 3.05) is 6.54 Å². The highest BCUT2D eigenvalue weighted by Gasteiger charge is 2.50. The fraction of sp³-hybridized carbons (Fsp3) is 0.529. The Morgan fingerprint density at radius 2 is 2.00 bits per heavy atom. The van der Waals surface area contributed by atoms with Gasteiger partial charge in [0.1, 0.15) is 0 Å². The minimum absolute atomic E-state index is 0.217. The Hall–Kier alpha value is -1.26. The van der Waals surface area contributed by atoms with Crippen LogP contribution < -0.4 is 0 Å². The molecule has 1 saturated heterocycles. The molecule has 0 N–H and O–H groups in total. The molecule has 1 aliphatic carbocycles. The highest BCUT2D eigenvalue weighted by atomic mass is 15.2. The first-order chi connectivity index (χ1) is 8.84. The van der Waals surface area contributed by atoms with Crippen molar-refractivity contribution in [3.05, 3.63) is 35.9 Å². The van der Waals surface area contributed by atoms with Crippen LogP contribution in [0.25, 0.3) is 0 Å². The van der Waals surface area contributed by atoms with Crippen LogP contribution in [0.2, 0.25) is 0 Å². The normalized spacial score (nSPS) is 26.5. The molecule has 0 bridgehead atoms. The van der Waals surface area contributed by atoms with E-state index in [0.717, 1.165) is 6.54 Å². The predicted molar refractivity (Wildman–Crippen MR) is 75.0 cm³/mol. The lowest BCUT2D eigenvalue weighted by atomic mass is 9.88. The van der Waals surface area contributed by atoms with E-state index in [1.807, 2.05) is 0 Å². The van der Waals surface area contributed by atoms with Gasteiger partial charge in [-0.05, 0) is 37.8 Å². The first-order valence-corrected chi connectivity index (χ1v) is 7.10. The van der Waals surface area contributed by atoms with Crippen molar-refractivity contribution >= 4 is 0 Å². The van der Waals surface area contributed by atoms with E-state index in [4.69, 9.17) is 6.42 Å². The average molecular weight is 239 g/mol. The summed E-state index contributed by atoms with van der Waals surface area (Å²) in [6, 6.07) is 11.4. The lowest BCUT2D eigenvalue weighted by Crippen LogP contribution is -2.44. The van der Waals surface area contributed by atoms with E-state index in [2.05, 4.69) is 41.2 Å². The zero-order valence-electron chi connectivity index (χ0n) is 10.9. The van der Waals surface area contributed by atoms with Crippen molar-refractivity contribution in [1.82, 2.24) is 4.90 Å². The SMILES string of the molecule is C#CC1(C2CCCCN2Cc2ccccc2)CC1. The van der Waals surface area contributed by atoms with Gasteiger partial charge in [0.25, 0.3) is 0 Å². The Labute approximate surface area is 110 Å². The molecule has 1 heterocycles. The zero-order valence-corrected chi connectivity index (χ0v) is 10.9. The minimum Gasteiger partial charge on any atom is -0.295 e.